The lowest BCUT2D eigenvalue weighted by molar-refractivity contribution is -0.0287. The lowest BCUT2D eigenvalue weighted by atomic mass is 10.1. The minimum atomic E-state index is -0.526. The Morgan fingerprint density at radius 3 is 1.43 bits per heavy atom. The van der Waals surface area contributed by atoms with Gasteiger partial charge in [-0.05, 0) is 38.1 Å². The molecular weight excluding hydrogens is 360 g/mol. The fraction of sp³-hybridized carbons (Fsp3) is 0.364. The van der Waals surface area contributed by atoms with Gasteiger partial charge in [-0.3, -0.25) is 0 Å². The molecule has 6 heteroatoms. The molecule has 28 heavy (non-hydrogen) atoms. The van der Waals surface area contributed by atoms with Crippen molar-refractivity contribution in [2.24, 2.45) is 0 Å². The molecule has 2 saturated heterocycles. The number of benzene rings is 2. The maximum atomic E-state index is 12.4. The molecule has 4 rings (SSSR count). The summed E-state index contributed by atoms with van der Waals surface area (Å²) in [5.74, 6) is -0.837. The van der Waals surface area contributed by atoms with E-state index in [0.717, 1.165) is 11.1 Å². The van der Waals surface area contributed by atoms with Crippen LogP contribution < -0.4 is 0 Å². The lowest BCUT2D eigenvalue weighted by Gasteiger charge is -2.17. The van der Waals surface area contributed by atoms with Gasteiger partial charge in [-0.15, -0.1) is 0 Å². The number of ether oxygens (including phenoxy) is 4. The van der Waals surface area contributed by atoms with Gasteiger partial charge in [0.25, 0.3) is 0 Å². The van der Waals surface area contributed by atoms with Crippen LogP contribution in [0.25, 0.3) is 0 Å². The molecule has 6 nitrogen and oxygen atoms in total. The standard InChI is InChI=1S/C22H22O6/c1-13-3-7-15(8-4-13)21(23)27-17-11-25-20-18(12-26-19(17)20)28-22(24)16-9-5-14(2)6-10-16/h3-10,17-20H,11-12H2,1-2H3/t17-,18-,19-,20?/m1/s1. The normalized spacial score (nSPS) is 25.9. The summed E-state index contributed by atoms with van der Waals surface area (Å²) in [5.41, 5.74) is 3.10. The van der Waals surface area contributed by atoms with Crippen molar-refractivity contribution in [3.63, 3.8) is 0 Å². The predicted octanol–water partition coefficient (Wildman–Crippen LogP) is 2.85. The van der Waals surface area contributed by atoms with E-state index in [0.29, 0.717) is 11.1 Å². The van der Waals surface area contributed by atoms with Crippen LogP contribution in [0, 0.1) is 13.8 Å². The van der Waals surface area contributed by atoms with Crippen molar-refractivity contribution < 1.29 is 28.5 Å². The van der Waals surface area contributed by atoms with Gasteiger partial charge in [-0.2, -0.15) is 0 Å². The van der Waals surface area contributed by atoms with Gasteiger partial charge in [-0.25, -0.2) is 9.59 Å². The number of fused-ring (bicyclic) bond motifs is 1. The molecule has 2 aliphatic heterocycles. The molecule has 146 valence electrons. The van der Waals surface area contributed by atoms with E-state index < -0.39 is 36.4 Å². The number of aryl methyl sites for hydroxylation is 2. The van der Waals surface area contributed by atoms with Crippen LogP contribution in [0.3, 0.4) is 0 Å². The van der Waals surface area contributed by atoms with Crippen molar-refractivity contribution in [1.82, 2.24) is 0 Å². The first-order chi connectivity index (χ1) is 13.5. The average molecular weight is 382 g/mol. The molecule has 1 unspecified atom stereocenters. The van der Waals surface area contributed by atoms with Crippen LogP contribution in [-0.2, 0) is 18.9 Å². The summed E-state index contributed by atoms with van der Waals surface area (Å²) in [7, 11) is 0. The zero-order chi connectivity index (χ0) is 19.7. The third-order valence-corrected chi connectivity index (χ3v) is 5.05. The Morgan fingerprint density at radius 2 is 1.07 bits per heavy atom. The zero-order valence-corrected chi connectivity index (χ0v) is 15.8. The number of rotatable bonds is 4. The van der Waals surface area contributed by atoms with Gasteiger partial charge in [0.05, 0.1) is 24.3 Å². The summed E-state index contributed by atoms with van der Waals surface area (Å²) < 4.78 is 22.6. The quantitative estimate of drug-likeness (QED) is 0.758. The van der Waals surface area contributed by atoms with Crippen molar-refractivity contribution in [3.8, 4) is 0 Å². The molecule has 2 heterocycles. The monoisotopic (exact) mass is 382 g/mol. The van der Waals surface area contributed by atoms with Gasteiger partial charge in [0.2, 0.25) is 0 Å². The van der Waals surface area contributed by atoms with Crippen LogP contribution >= 0.6 is 0 Å². The van der Waals surface area contributed by atoms with Crippen molar-refractivity contribution >= 4 is 11.9 Å². The Labute approximate surface area is 163 Å². The molecule has 2 aromatic carbocycles. The minimum absolute atomic E-state index is 0.214. The van der Waals surface area contributed by atoms with Crippen molar-refractivity contribution in [3.05, 3.63) is 70.8 Å². The second kappa shape index (κ2) is 7.73. The van der Waals surface area contributed by atoms with Crippen LogP contribution in [0.2, 0.25) is 0 Å². The van der Waals surface area contributed by atoms with Crippen LogP contribution in [0.15, 0.2) is 48.5 Å². The van der Waals surface area contributed by atoms with E-state index in [9.17, 15) is 9.59 Å². The first-order valence-corrected chi connectivity index (χ1v) is 9.30. The van der Waals surface area contributed by atoms with Gasteiger partial charge < -0.3 is 18.9 Å². The largest absolute Gasteiger partial charge is 0.453 e. The predicted molar refractivity (Wildman–Crippen MR) is 100 cm³/mol. The second-order valence-electron chi connectivity index (χ2n) is 7.22. The first-order valence-electron chi connectivity index (χ1n) is 9.30. The van der Waals surface area contributed by atoms with Crippen LogP contribution in [0.4, 0.5) is 0 Å². The number of carbonyl (C=O) groups excluding carboxylic acids is 2. The lowest BCUT2D eigenvalue weighted by Crippen LogP contribution is -2.36. The maximum Gasteiger partial charge on any atom is 0.338 e. The number of hydrogen-bond acceptors (Lipinski definition) is 6. The fourth-order valence-corrected chi connectivity index (χ4v) is 3.42. The Morgan fingerprint density at radius 1 is 0.714 bits per heavy atom. The molecule has 2 fully saturated rings. The molecule has 0 radical (unpaired) electrons. The molecule has 0 aromatic heterocycles. The highest BCUT2D eigenvalue weighted by molar-refractivity contribution is 5.90. The second-order valence-corrected chi connectivity index (χ2v) is 7.22. The van der Waals surface area contributed by atoms with Gasteiger partial charge in [-0.1, -0.05) is 35.4 Å². The van der Waals surface area contributed by atoms with E-state index in [1.807, 2.05) is 38.1 Å². The Kier molecular flexibility index (Phi) is 5.15. The van der Waals surface area contributed by atoms with Crippen LogP contribution in [0.5, 0.6) is 0 Å². The summed E-state index contributed by atoms with van der Waals surface area (Å²) in [6.07, 6.45) is -1.93. The van der Waals surface area contributed by atoms with E-state index >= 15 is 0 Å². The molecule has 0 bridgehead atoms. The summed E-state index contributed by atoms with van der Waals surface area (Å²) in [6.45, 7) is 4.33. The van der Waals surface area contributed by atoms with Gasteiger partial charge >= 0.3 is 11.9 Å². The van der Waals surface area contributed by atoms with E-state index in [1.54, 1.807) is 24.3 Å². The van der Waals surface area contributed by atoms with Crippen molar-refractivity contribution in [2.75, 3.05) is 13.2 Å². The molecule has 0 spiro atoms. The van der Waals surface area contributed by atoms with Gasteiger partial charge in [0.1, 0.15) is 12.2 Å². The zero-order valence-electron chi connectivity index (χ0n) is 15.8. The van der Waals surface area contributed by atoms with E-state index in [1.165, 1.54) is 0 Å². The number of hydrogen-bond donors (Lipinski definition) is 0. The molecule has 0 saturated carbocycles. The van der Waals surface area contributed by atoms with Crippen molar-refractivity contribution in [2.45, 2.75) is 38.3 Å². The molecule has 0 aliphatic carbocycles. The highest BCUT2D eigenvalue weighted by Gasteiger charge is 2.51. The SMILES string of the molecule is Cc1ccc(C(=O)O[C@@H]2CO[C@H]3C2OC[C@H]3OC(=O)c2ccc(C)cc2)cc1. The number of carbonyl (C=O) groups is 2. The minimum Gasteiger partial charge on any atom is -0.453 e. The molecule has 0 N–H and O–H groups in total. The molecular formula is C22H22O6. The average Bonchev–Trinajstić information content (AvgIpc) is 3.26. The summed E-state index contributed by atoms with van der Waals surface area (Å²) in [4.78, 5) is 24.7. The first kappa shape index (κ1) is 18.7. The Balaban J connectivity index is 1.36. The molecule has 0 amide bonds. The summed E-state index contributed by atoms with van der Waals surface area (Å²) >= 11 is 0. The van der Waals surface area contributed by atoms with Gasteiger partial charge in [0, 0.05) is 0 Å². The van der Waals surface area contributed by atoms with Crippen molar-refractivity contribution in [1.29, 1.82) is 0 Å². The highest BCUT2D eigenvalue weighted by atomic mass is 16.7. The van der Waals surface area contributed by atoms with Crippen LogP contribution in [-0.4, -0.2) is 49.6 Å². The fourth-order valence-electron chi connectivity index (χ4n) is 3.42. The maximum absolute atomic E-state index is 12.4. The Bertz CT molecular complexity index is 784. The smallest absolute Gasteiger partial charge is 0.338 e. The third kappa shape index (κ3) is 3.79. The summed E-state index contributed by atoms with van der Waals surface area (Å²) in [5, 5.41) is 0. The third-order valence-electron chi connectivity index (χ3n) is 5.05. The van der Waals surface area contributed by atoms with E-state index in [4.69, 9.17) is 18.9 Å². The van der Waals surface area contributed by atoms with Gasteiger partial charge in [0.15, 0.2) is 12.2 Å². The highest BCUT2D eigenvalue weighted by Crippen LogP contribution is 2.31. The molecule has 2 aromatic rings. The molecule has 2 aliphatic rings. The topological polar surface area (TPSA) is 71.1 Å². The van der Waals surface area contributed by atoms with E-state index in [-0.39, 0.29) is 13.2 Å². The number of esters is 2. The Hall–Kier alpha value is -2.70. The van der Waals surface area contributed by atoms with Crippen LogP contribution in [0.1, 0.15) is 31.8 Å². The summed E-state index contributed by atoms with van der Waals surface area (Å²) in [6, 6.07) is 14.3. The molecule has 4 atom stereocenters. The van der Waals surface area contributed by atoms with E-state index in [2.05, 4.69) is 0 Å².